The molecule has 2 heterocycles. The van der Waals surface area contributed by atoms with E-state index in [0.29, 0.717) is 0 Å². The van der Waals surface area contributed by atoms with E-state index in [1.165, 1.54) is 0 Å². The zero-order valence-electron chi connectivity index (χ0n) is 17.0. The van der Waals surface area contributed by atoms with E-state index >= 15 is 0 Å². The first-order chi connectivity index (χ1) is 14.0. The number of thioether (sulfide) groups is 1. The van der Waals surface area contributed by atoms with Gasteiger partial charge in [0.05, 0.1) is 18.2 Å². The number of amides is 1. The van der Waals surface area contributed by atoms with Crippen molar-refractivity contribution in [3.63, 3.8) is 0 Å². The standard InChI is InChI=1S/C23H25N3O2S/c1-14-6-5-7-19(16(14)3)24-23(27)22-21(17-9-11-18(28-4)12-10-17)25-26-15(2)8-13-20(26)29-22/h5-13,21-22,25H,1-4H3,(H,24,27)/t21-,22+/m1/s1. The van der Waals surface area contributed by atoms with Crippen molar-refractivity contribution in [3.05, 3.63) is 77.0 Å². The van der Waals surface area contributed by atoms with E-state index in [1.807, 2.05) is 43.3 Å². The molecule has 0 radical (unpaired) electrons. The number of ether oxygens (including phenoxy) is 1. The van der Waals surface area contributed by atoms with Crippen LogP contribution in [0.4, 0.5) is 5.69 Å². The maximum absolute atomic E-state index is 13.3. The van der Waals surface area contributed by atoms with Crippen molar-refractivity contribution in [2.45, 2.75) is 37.1 Å². The van der Waals surface area contributed by atoms with Crippen LogP contribution in [-0.2, 0) is 4.79 Å². The lowest BCUT2D eigenvalue weighted by atomic mass is 10.0. The number of anilines is 1. The Morgan fingerprint density at radius 3 is 2.55 bits per heavy atom. The van der Waals surface area contributed by atoms with E-state index in [2.05, 4.69) is 47.5 Å². The molecular formula is C23H25N3O2S. The van der Waals surface area contributed by atoms with Crippen LogP contribution in [0.2, 0.25) is 0 Å². The van der Waals surface area contributed by atoms with Crippen molar-refractivity contribution in [1.82, 2.24) is 4.68 Å². The zero-order valence-corrected chi connectivity index (χ0v) is 17.8. The third kappa shape index (κ3) is 3.72. The molecular weight excluding hydrogens is 382 g/mol. The molecule has 0 fully saturated rings. The molecule has 150 valence electrons. The van der Waals surface area contributed by atoms with Crippen LogP contribution in [0.1, 0.15) is 28.4 Å². The molecule has 1 aliphatic heterocycles. The minimum Gasteiger partial charge on any atom is -0.497 e. The predicted octanol–water partition coefficient (Wildman–Crippen LogP) is 4.82. The summed E-state index contributed by atoms with van der Waals surface area (Å²) >= 11 is 1.59. The number of rotatable bonds is 4. The van der Waals surface area contributed by atoms with Crippen LogP contribution in [0, 0.1) is 20.8 Å². The molecule has 1 aromatic heterocycles. The zero-order chi connectivity index (χ0) is 20.5. The van der Waals surface area contributed by atoms with Crippen LogP contribution in [0.25, 0.3) is 0 Å². The third-order valence-electron chi connectivity index (χ3n) is 5.45. The molecule has 2 aromatic carbocycles. The van der Waals surface area contributed by atoms with Gasteiger partial charge < -0.3 is 15.5 Å². The van der Waals surface area contributed by atoms with Gasteiger partial charge in [-0.05, 0) is 67.8 Å². The number of fused-ring (bicyclic) bond motifs is 1. The second-order valence-electron chi connectivity index (χ2n) is 7.30. The molecule has 1 amide bonds. The molecule has 0 saturated carbocycles. The van der Waals surface area contributed by atoms with Crippen LogP contribution < -0.4 is 15.5 Å². The molecule has 29 heavy (non-hydrogen) atoms. The van der Waals surface area contributed by atoms with Gasteiger partial charge in [-0.3, -0.25) is 9.47 Å². The summed E-state index contributed by atoms with van der Waals surface area (Å²) in [6.07, 6.45) is 0. The first-order valence-electron chi connectivity index (χ1n) is 9.60. The van der Waals surface area contributed by atoms with E-state index in [0.717, 1.165) is 38.8 Å². The molecule has 4 rings (SSSR count). The Morgan fingerprint density at radius 1 is 1.07 bits per heavy atom. The van der Waals surface area contributed by atoms with E-state index in [4.69, 9.17) is 4.74 Å². The quantitative estimate of drug-likeness (QED) is 0.651. The highest BCUT2D eigenvalue weighted by Crippen LogP contribution is 2.39. The Hall–Kier alpha value is -2.86. The summed E-state index contributed by atoms with van der Waals surface area (Å²) in [5.41, 5.74) is 8.80. The third-order valence-corrected chi connectivity index (χ3v) is 6.76. The normalized spacial score (nSPS) is 17.9. The van der Waals surface area contributed by atoms with Crippen molar-refractivity contribution < 1.29 is 9.53 Å². The number of methoxy groups -OCH3 is 1. The minimum absolute atomic E-state index is 0.0119. The number of carbonyl (C=O) groups excluding carboxylic acids is 1. The fourth-order valence-electron chi connectivity index (χ4n) is 3.53. The SMILES string of the molecule is COc1ccc([C@H]2Nn3c(C)ccc3S[C@@H]2C(=O)Nc2cccc(C)c2C)cc1. The lowest BCUT2D eigenvalue weighted by Crippen LogP contribution is -2.41. The van der Waals surface area contributed by atoms with E-state index < -0.39 is 0 Å². The van der Waals surface area contributed by atoms with Crippen LogP contribution in [0.3, 0.4) is 0 Å². The Bertz CT molecular complexity index is 1040. The molecule has 0 unspecified atom stereocenters. The molecule has 0 bridgehead atoms. The Kier molecular flexibility index (Phi) is 5.28. The lowest BCUT2D eigenvalue weighted by Gasteiger charge is -2.34. The second-order valence-corrected chi connectivity index (χ2v) is 8.47. The molecule has 0 saturated heterocycles. The van der Waals surface area contributed by atoms with E-state index in [1.54, 1.807) is 18.9 Å². The minimum atomic E-state index is -0.315. The highest BCUT2D eigenvalue weighted by molar-refractivity contribution is 8.00. The van der Waals surface area contributed by atoms with Crippen molar-refractivity contribution in [2.75, 3.05) is 17.9 Å². The van der Waals surface area contributed by atoms with Gasteiger partial charge in [-0.1, -0.05) is 36.0 Å². The molecule has 2 N–H and O–H groups in total. The van der Waals surface area contributed by atoms with Gasteiger partial charge in [0, 0.05) is 11.4 Å². The molecule has 0 spiro atoms. The van der Waals surface area contributed by atoms with Crippen molar-refractivity contribution in [3.8, 4) is 5.75 Å². The lowest BCUT2D eigenvalue weighted by molar-refractivity contribution is -0.116. The number of hydrogen-bond donors (Lipinski definition) is 2. The second kappa shape index (κ2) is 7.87. The summed E-state index contributed by atoms with van der Waals surface area (Å²) in [5, 5.41) is 3.87. The van der Waals surface area contributed by atoms with Gasteiger partial charge in [-0.25, -0.2) is 0 Å². The first-order valence-corrected chi connectivity index (χ1v) is 10.5. The fourth-order valence-corrected chi connectivity index (χ4v) is 4.76. The topological polar surface area (TPSA) is 55.3 Å². The molecule has 6 heteroatoms. The van der Waals surface area contributed by atoms with Gasteiger partial charge in [-0.15, -0.1) is 0 Å². The maximum atomic E-state index is 13.3. The van der Waals surface area contributed by atoms with Crippen molar-refractivity contribution >= 4 is 23.4 Å². The molecule has 0 aliphatic carbocycles. The van der Waals surface area contributed by atoms with Crippen LogP contribution >= 0.6 is 11.8 Å². The maximum Gasteiger partial charge on any atom is 0.240 e. The Balaban J connectivity index is 1.67. The van der Waals surface area contributed by atoms with E-state index in [-0.39, 0.29) is 17.2 Å². The molecule has 5 nitrogen and oxygen atoms in total. The summed E-state index contributed by atoms with van der Waals surface area (Å²) in [6, 6.07) is 17.8. The fraction of sp³-hybridized carbons (Fsp3) is 0.261. The average Bonchev–Trinajstić information content (AvgIpc) is 3.10. The summed E-state index contributed by atoms with van der Waals surface area (Å²) in [6.45, 7) is 6.14. The predicted molar refractivity (Wildman–Crippen MR) is 118 cm³/mol. The van der Waals surface area contributed by atoms with E-state index in [9.17, 15) is 4.79 Å². The van der Waals surface area contributed by atoms with Gasteiger partial charge in [0.25, 0.3) is 0 Å². The molecule has 3 aromatic rings. The van der Waals surface area contributed by atoms with Crippen molar-refractivity contribution in [1.29, 1.82) is 0 Å². The summed E-state index contributed by atoms with van der Waals surface area (Å²) in [4.78, 5) is 13.3. The number of hydrogen-bond acceptors (Lipinski definition) is 4. The molecule has 2 atom stereocenters. The number of nitrogens with zero attached hydrogens (tertiary/aromatic N) is 1. The van der Waals surface area contributed by atoms with Gasteiger partial charge in [-0.2, -0.15) is 0 Å². The smallest absolute Gasteiger partial charge is 0.240 e. The highest BCUT2D eigenvalue weighted by atomic mass is 32.2. The summed E-state index contributed by atoms with van der Waals surface area (Å²) < 4.78 is 7.34. The number of nitrogens with one attached hydrogen (secondary N) is 2. The monoisotopic (exact) mass is 407 g/mol. The van der Waals surface area contributed by atoms with Gasteiger partial charge in [0.2, 0.25) is 5.91 Å². The summed E-state index contributed by atoms with van der Waals surface area (Å²) in [5.74, 6) is 0.786. The molecule has 1 aliphatic rings. The highest BCUT2D eigenvalue weighted by Gasteiger charge is 2.36. The van der Waals surface area contributed by atoms with Crippen LogP contribution in [0.5, 0.6) is 5.75 Å². The number of aryl methyl sites for hydroxylation is 2. The van der Waals surface area contributed by atoms with Gasteiger partial charge in [0.15, 0.2) is 0 Å². The number of aromatic nitrogens is 1. The largest absolute Gasteiger partial charge is 0.497 e. The van der Waals surface area contributed by atoms with Crippen LogP contribution in [0.15, 0.2) is 59.6 Å². The van der Waals surface area contributed by atoms with Gasteiger partial charge >= 0.3 is 0 Å². The van der Waals surface area contributed by atoms with Crippen LogP contribution in [-0.4, -0.2) is 22.9 Å². The van der Waals surface area contributed by atoms with Crippen molar-refractivity contribution in [2.24, 2.45) is 0 Å². The number of benzene rings is 2. The van der Waals surface area contributed by atoms with Gasteiger partial charge in [0.1, 0.15) is 11.0 Å². The number of carbonyl (C=O) groups is 1. The Morgan fingerprint density at radius 2 is 1.83 bits per heavy atom. The summed E-state index contributed by atoms with van der Waals surface area (Å²) in [7, 11) is 1.65. The average molecular weight is 408 g/mol. The Labute approximate surface area is 175 Å². The first kappa shape index (κ1) is 19.5.